The molecule has 2 N–H and O–H groups in total. The highest BCUT2D eigenvalue weighted by molar-refractivity contribution is 7.14. The zero-order valence-corrected chi connectivity index (χ0v) is 12.6. The van der Waals surface area contributed by atoms with Gasteiger partial charge in [-0.25, -0.2) is 0 Å². The molecule has 2 unspecified atom stereocenters. The van der Waals surface area contributed by atoms with Crippen molar-refractivity contribution < 1.29 is 9.90 Å². The predicted octanol–water partition coefficient (Wildman–Crippen LogP) is 2.79. The highest BCUT2D eigenvalue weighted by Crippen LogP contribution is 2.24. The molecule has 4 heteroatoms. The Morgan fingerprint density at radius 2 is 2.35 bits per heavy atom. The van der Waals surface area contributed by atoms with Gasteiger partial charge in [0.25, 0.3) is 5.91 Å². The monoisotopic (exact) mass is 291 g/mol. The van der Waals surface area contributed by atoms with Crippen molar-refractivity contribution in [2.75, 3.05) is 6.61 Å². The van der Waals surface area contributed by atoms with Crippen molar-refractivity contribution in [2.24, 2.45) is 5.92 Å². The molecule has 108 valence electrons. The maximum atomic E-state index is 12.2. The fourth-order valence-electron chi connectivity index (χ4n) is 2.55. The molecule has 1 aliphatic rings. The number of hydrogen-bond donors (Lipinski definition) is 2. The molecule has 1 fully saturated rings. The van der Waals surface area contributed by atoms with E-state index in [2.05, 4.69) is 24.1 Å². The van der Waals surface area contributed by atoms with Crippen LogP contribution >= 0.6 is 11.3 Å². The zero-order valence-electron chi connectivity index (χ0n) is 11.8. The quantitative estimate of drug-likeness (QED) is 0.841. The largest absolute Gasteiger partial charge is 0.395 e. The van der Waals surface area contributed by atoms with Gasteiger partial charge in [0.1, 0.15) is 0 Å². The number of aliphatic hydroxyl groups is 1. The molecule has 1 amide bonds. The van der Waals surface area contributed by atoms with Crippen molar-refractivity contribution in [2.45, 2.75) is 45.1 Å². The summed E-state index contributed by atoms with van der Waals surface area (Å²) in [7, 11) is 0. The Labute approximate surface area is 124 Å². The number of thiophene rings is 1. The summed E-state index contributed by atoms with van der Waals surface area (Å²) in [6, 6.07) is 4.01. The van der Waals surface area contributed by atoms with E-state index in [0.29, 0.717) is 18.4 Å². The van der Waals surface area contributed by atoms with Crippen molar-refractivity contribution in [3.63, 3.8) is 0 Å². The molecule has 1 heterocycles. The molecule has 1 saturated carbocycles. The summed E-state index contributed by atoms with van der Waals surface area (Å²) in [5.41, 5.74) is 0. The lowest BCUT2D eigenvalue weighted by Gasteiger charge is -2.27. The van der Waals surface area contributed by atoms with Gasteiger partial charge >= 0.3 is 0 Å². The molecular formula is C16H21NO2S. The number of nitrogens with one attached hydrogen (secondary N) is 1. The standard InChI is InChI=1S/C16H21NO2S/c1-12-5-4-6-13(11-12)17-16(19)15-9-8-14(20-15)7-2-3-10-18/h8-9,12-13,18H,3-6,10-11H2,1H3,(H,17,19). The summed E-state index contributed by atoms with van der Waals surface area (Å²) >= 11 is 1.41. The van der Waals surface area contributed by atoms with Crippen LogP contribution in [0.1, 0.15) is 53.6 Å². The van der Waals surface area contributed by atoms with Gasteiger partial charge in [0.15, 0.2) is 0 Å². The van der Waals surface area contributed by atoms with E-state index in [-0.39, 0.29) is 12.5 Å². The van der Waals surface area contributed by atoms with E-state index in [1.54, 1.807) is 0 Å². The second-order valence-electron chi connectivity index (χ2n) is 5.38. The van der Waals surface area contributed by atoms with Gasteiger partial charge in [-0.2, -0.15) is 0 Å². The van der Waals surface area contributed by atoms with Crippen LogP contribution in [0.5, 0.6) is 0 Å². The molecule has 0 saturated heterocycles. The molecule has 2 rings (SSSR count). The maximum Gasteiger partial charge on any atom is 0.261 e. The molecule has 0 radical (unpaired) electrons. The van der Waals surface area contributed by atoms with Gasteiger partial charge in [-0.3, -0.25) is 4.79 Å². The van der Waals surface area contributed by atoms with Gasteiger partial charge in [-0.05, 0) is 30.9 Å². The van der Waals surface area contributed by atoms with Gasteiger partial charge in [0.2, 0.25) is 0 Å². The summed E-state index contributed by atoms with van der Waals surface area (Å²) in [5.74, 6) is 6.55. The van der Waals surface area contributed by atoms with Crippen LogP contribution in [0, 0.1) is 17.8 Å². The first-order valence-corrected chi connectivity index (χ1v) is 8.01. The minimum atomic E-state index is 0.0179. The topological polar surface area (TPSA) is 49.3 Å². The van der Waals surface area contributed by atoms with Crippen LogP contribution in [-0.4, -0.2) is 23.7 Å². The van der Waals surface area contributed by atoms with Crippen molar-refractivity contribution >= 4 is 17.2 Å². The average Bonchev–Trinajstić information content (AvgIpc) is 2.88. The fourth-order valence-corrected chi connectivity index (χ4v) is 3.34. The summed E-state index contributed by atoms with van der Waals surface area (Å²) < 4.78 is 0. The molecule has 1 aliphatic carbocycles. The zero-order chi connectivity index (χ0) is 14.4. The molecule has 0 spiro atoms. The fraction of sp³-hybridized carbons (Fsp3) is 0.562. The van der Waals surface area contributed by atoms with E-state index < -0.39 is 0 Å². The van der Waals surface area contributed by atoms with Crippen molar-refractivity contribution in [1.29, 1.82) is 0 Å². The Balaban J connectivity index is 1.91. The predicted molar refractivity (Wildman–Crippen MR) is 81.8 cm³/mol. The van der Waals surface area contributed by atoms with Gasteiger partial charge in [0.05, 0.1) is 16.4 Å². The van der Waals surface area contributed by atoms with Crippen LogP contribution in [0.25, 0.3) is 0 Å². The maximum absolute atomic E-state index is 12.2. The number of aliphatic hydroxyl groups excluding tert-OH is 1. The minimum Gasteiger partial charge on any atom is -0.395 e. The molecule has 1 aromatic heterocycles. The van der Waals surface area contributed by atoms with Crippen LogP contribution in [0.4, 0.5) is 0 Å². The van der Waals surface area contributed by atoms with E-state index in [9.17, 15) is 4.79 Å². The summed E-state index contributed by atoms with van der Waals surface area (Å²) in [5, 5.41) is 11.8. The summed E-state index contributed by atoms with van der Waals surface area (Å²) in [4.78, 5) is 13.8. The molecular weight excluding hydrogens is 270 g/mol. The van der Waals surface area contributed by atoms with E-state index in [0.717, 1.165) is 22.6 Å². The Bertz CT molecular complexity index is 512. The van der Waals surface area contributed by atoms with Crippen molar-refractivity contribution in [3.8, 4) is 11.8 Å². The lowest BCUT2D eigenvalue weighted by Crippen LogP contribution is -2.37. The van der Waals surface area contributed by atoms with Crippen LogP contribution in [0.3, 0.4) is 0 Å². The molecule has 2 atom stereocenters. The SMILES string of the molecule is CC1CCCC(NC(=O)c2ccc(C#CCCO)s2)C1. The smallest absolute Gasteiger partial charge is 0.261 e. The van der Waals surface area contributed by atoms with Crippen LogP contribution in [-0.2, 0) is 0 Å². The van der Waals surface area contributed by atoms with E-state index in [1.807, 2.05) is 12.1 Å². The van der Waals surface area contributed by atoms with Crippen molar-refractivity contribution in [1.82, 2.24) is 5.32 Å². The third-order valence-electron chi connectivity index (χ3n) is 3.55. The number of carbonyl (C=O) groups excluding carboxylic acids is 1. The van der Waals surface area contributed by atoms with Gasteiger partial charge in [0, 0.05) is 12.5 Å². The Morgan fingerprint density at radius 3 is 3.10 bits per heavy atom. The number of carbonyl (C=O) groups is 1. The second kappa shape index (κ2) is 7.47. The number of rotatable bonds is 3. The first-order valence-electron chi connectivity index (χ1n) is 7.19. The average molecular weight is 291 g/mol. The van der Waals surface area contributed by atoms with Gasteiger partial charge in [-0.1, -0.05) is 31.6 Å². The minimum absolute atomic E-state index is 0.0179. The molecule has 0 aromatic carbocycles. The molecule has 0 aliphatic heterocycles. The molecule has 0 bridgehead atoms. The first-order chi connectivity index (χ1) is 9.69. The highest BCUT2D eigenvalue weighted by Gasteiger charge is 2.21. The third kappa shape index (κ3) is 4.36. The number of hydrogen-bond acceptors (Lipinski definition) is 3. The Morgan fingerprint density at radius 1 is 1.50 bits per heavy atom. The second-order valence-corrected chi connectivity index (χ2v) is 6.47. The number of amides is 1. The van der Waals surface area contributed by atoms with Crippen LogP contribution in [0.2, 0.25) is 0 Å². The normalized spacial score (nSPS) is 21.9. The lowest BCUT2D eigenvalue weighted by molar-refractivity contribution is 0.0925. The van der Waals surface area contributed by atoms with Crippen LogP contribution in [0.15, 0.2) is 12.1 Å². The Kier molecular flexibility index (Phi) is 5.63. The van der Waals surface area contributed by atoms with E-state index >= 15 is 0 Å². The highest BCUT2D eigenvalue weighted by atomic mass is 32.1. The molecule has 1 aromatic rings. The van der Waals surface area contributed by atoms with Gasteiger partial charge in [-0.15, -0.1) is 11.3 Å². The summed E-state index contributed by atoms with van der Waals surface area (Å²) in [6.45, 7) is 2.32. The van der Waals surface area contributed by atoms with E-state index in [1.165, 1.54) is 24.2 Å². The van der Waals surface area contributed by atoms with Gasteiger partial charge < -0.3 is 10.4 Å². The van der Waals surface area contributed by atoms with E-state index in [4.69, 9.17) is 5.11 Å². The first kappa shape index (κ1) is 15.1. The van der Waals surface area contributed by atoms with Crippen molar-refractivity contribution in [3.05, 3.63) is 21.9 Å². The molecule has 20 heavy (non-hydrogen) atoms. The Hall–Kier alpha value is -1.31. The molecule has 3 nitrogen and oxygen atoms in total. The lowest BCUT2D eigenvalue weighted by atomic mass is 9.87. The summed E-state index contributed by atoms with van der Waals surface area (Å²) in [6.07, 6.45) is 5.12. The van der Waals surface area contributed by atoms with Crippen LogP contribution < -0.4 is 5.32 Å². The third-order valence-corrected chi connectivity index (χ3v) is 4.55.